The van der Waals surface area contributed by atoms with E-state index >= 15 is 0 Å². The zero-order valence-corrected chi connectivity index (χ0v) is 11.7. The van der Waals surface area contributed by atoms with E-state index in [-0.39, 0.29) is 22.9 Å². The van der Waals surface area contributed by atoms with Crippen molar-refractivity contribution >= 4 is 11.6 Å². The molecule has 3 nitrogen and oxygen atoms in total. The summed E-state index contributed by atoms with van der Waals surface area (Å²) in [6, 6.07) is 5.20. The third kappa shape index (κ3) is 3.78. The van der Waals surface area contributed by atoms with Gasteiger partial charge in [-0.15, -0.1) is 0 Å². The highest BCUT2D eigenvalue weighted by molar-refractivity contribution is 6.30. The number of benzene rings is 1. The van der Waals surface area contributed by atoms with Crippen molar-refractivity contribution in [1.82, 2.24) is 14.9 Å². The molecule has 19 heavy (non-hydrogen) atoms. The topological polar surface area (TPSA) is 29.9 Å². The summed E-state index contributed by atoms with van der Waals surface area (Å²) in [7, 11) is 0. The monoisotopic (exact) mass is 281 g/mol. The van der Waals surface area contributed by atoms with E-state index in [1.54, 1.807) is 24.7 Å². The third-order valence-electron chi connectivity index (χ3n) is 3.02. The molecule has 0 spiro atoms. The van der Waals surface area contributed by atoms with Crippen molar-refractivity contribution in [1.29, 1.82) is 0 Å². The number of nitrogens with zero attached hydrogens (tertiary/aromatic N) is 2. The van der Waals surface area contributed by atoms with Crippen LogP contribution in [0.4, 0.5) is 4.39 Å². The van der Waals surface area contributed by atoms with E-state index in [2.05, 4.69) is 17.2 Å². The Balaban J connectivity index is 1.96. The first-order valence-corrected chi connectivity index (χ1v) is 6.61. The Morgan fingerprint density at radius 2 is 2.21 bits per heavy atom. The van der Waals surface area contributed by atoms with Gasteiger partial charge in [0.05, 0.1) is 11.3 Å². The molecule has 1 heterocycles. The molecule has 0 amide bonds. The van der Waals surface area contributed by atoms with Crippen LogP contribution in [0.5, 0.6) is 0 Å². The van der Waals surface area contributed by atoms with Crippen LogP contribution in [0, 0.1) is 5.82 Å². The molecule has 0 saturated carbocycles. The van der Waals surface area contributed by atoms with Crippen molar-refractivity contribution in [3.05, 3.63) is 53.3 Å². The van der Waals surface area contributed by atoms with Crippen LogP contribution < -0.4 is 5.32 Å². The quantitative estimate of drug-likeness (QED) is 0.910. The summed E-state index contributed by atoms with van der Waals surface area (Å²) in [6.45, 7) is 4.97. The van der Waals surface area contributed by atoms with Crippen LogP contribution in [0.2, 0.25) is 5.02 Å². The Kier molecular flexibility index (Phi) is 4.56. The maximum absolute atomic E-state index is 13.1. The zero-order valence-electron chi connectivity index (χ0n) is 11.0. The summed E-state index contributed by atoms with van der Waals surface area (Å²) in [4.78, 5) is 4.01. The summed E-state index contributed by atoms with van der Waals surface area (Å²) in [5.41, 5.74) is 0.976. The minimum atomic E-state index is -0.385. The number of hydrogen-bond donors (Lipinski definition) is 1. The van der Waals surface area contributed by atoms with Gasteiger partial charge in [0.25, 0.3) is 0 Å². The zero-order chi connectivity index (χ0) is 13.8. The van der Waals surface area contributed by atoms with Gasteiger partial charge < -0.3 is 9.88 Å². The molecule has 5 heteroatoms. The van der Waals surface area contributed by atoms with Gasteiger partial charge >= 0.3 is 0 Å². The fourth-order valence-corrected chi connectivity index (χ4v) is 2.26. The second-order valence-corrected chi connectivity index (χ2v) is 5.13. The van der Waals surface area contributed by atoms with E-state index in [1.165, 1.54) is 6.07 Å². The molecule has 0 aliphatic carbocycles. The van der Waals surface area contributed by atoms with Crippen LogP contribution in [0.1, 0.15) is 25.5 Å². The Hall–Kier alpha value is -1.39. The van der Waals surface area contributed by atoms with Gasteiger partial charge in [0.15, 0.2) is 0 Å². The van der Waals surface area contributed by atoms with Gasteiger partial charge in [-0.2, -0.15) is 0 Å². The second kappa shape index (κ2) is 6.17. The van der Waals surface area contributed by atoms with E-state index < -0.39 is 0 Å². The van der Waals surface area contributed by atoms with Crippen molar-refractivity contribution in [2.45, 2.75) is 32.5 Å². The fourth-order valence-electron chi connectivity index (χ4n) is 2.07. The Morgan fingerprint density at radius 3 is 2.84 bits per heavy atom. The lowest BCUT2D eigenvalue weighted by atomic mass is 10.1. The van der Waals surface area contributed by atoms with Crippen LogP contribution in [-0.2, 0) is 6.54 Å². The molecule has 0 bridgehead atoms. The van der Waals surface area contributed by atoms with E-state index in [4.69, 9.17) is 11.6 Å². The highest BCUT2D eigenvalue weighted by Gasteiger charge is 2.11. The Bertz CT molecular complexity index is 527. The average Bonchev–Trinajstić information content (AvgIpc) is 2.85. The number of halogens is 2. The predicted octanol–water partition coefficient (Wildman–Crippen LogP) is 3.41. The fraction of sp³-hybridized carbons (Fsp3) is 0.357. The van der Waals surface area contributed by atoms with E-state index in [9.17, 15) is 4.39 Å². The third-order valence-corrected chi connectivity index (χ3v) is 3.31. The van der Waals surface area contributed by atoms with Gasteiger partial charge in [-0.05, 0) is 31.5 Å². The summed E-state index contributed by atoms with van der Waals surface area (Å²) in [6.07, 6.45) is 5.48. The van der Waals surface area contributed by atoms with Crippen molar-refractivity contribution in [3.8, 4) is 0 Å². The molecule has 2 rings (SSSR count). The van der Waals surface area contributed by atoms with Gasteiger partial charge in [-0.3, -0.25) is 0 Å². The number of nitrogens with one attached hydrogen (secondary N) is 1. The predicted molar refractivity (Wildman–Crippen MR) is 74.6 cm³/mol. The normalized spacial score (nSPS) is 14.3. The van der Waals surface area contributed by atoms with E-state index in [1.807, 2.05) is 17.7 Å². The maximum Gasteiger partial charge on any atom is 0.141 e. The van der Waals surface area contributed by atoms with Crippen molar-refractivity contribution in [2.75, 3.05) is 0 Å². The lowest BCUT2D eigenvalue weighted by molar-refractivity contribution is 0.430. The highest BCUT2D eigenvalue weighted by Crippen LogP contribution is 2.21. The molecular formula is C14H17ClFN3. The summed E-state index contributed by atoms with van der Waals surface area (Å²) >= 11 is 5.79. The van der Waals surface area contributed by atoms with Gasteiger partial charge in [0.2, 0.25) is 0 Å². The molecule has 2 aromatic rings. The second-order valence-electron chi connectivity index (χ2n) is 4.72. The number of hydrogen-bond acceptors (Lipinski definition) is 2. The number of imidazole rings is 1. The molecule has 1 N–H and O–H groups in total. The molecule has 1 aromatic heterocycles. The number of aromatic nitrogens is 2. The molecule has 1 aromatic carbocycles. The summed E-state index contributed by atoms with van der Waals surface area (Å²) < 4.78 is 15.1. The van der Waals surface area contributed by atoms with Crippen molar-refractivity contribution in [3.63, 3.8) is 0 Å². The molecular weight excluding hydrogens is 265 g/mol. The first-order valence-electron chi connectivity index (χ1n) is 6.23. The van der Waals surface area contributed by atoms with Gasteiger partial charge in [0, 0.05) is 31.0 Å². The lowest BCUT2D eigenvalue weighted by Crippen LogP contribution is -2.32. The molecule has 0 saturated heterocycles. The molecule has 0 unspecified atom stereocenters. The minimum absolute atomic E-state index is 0.108. The van der Waals surface area contributed by atoms with Crippen LogP contribution in [-0.4, -0.2) is 15.6 Å². The van der Waals surface area contributed by atoms with Crippen LogP contribution in [0.3, 0.4) is 0 Å². The standard InChI is InChI=1S/C14H17ClFN3/c1-10(8-19-6-5-17-9-19)18-11(2)12-3-4-14(16)13(15)7-12/h3-7,9-11,18H,8H2,1-2H3/t10-,11-/m0/s1. The first kappa shape index (κ1) is 14.0. The Morgan fingerprint density at radius 1 is 1.42 bits per heavy atom. The van der Waals surface area contributed by atoms with Gasteiger partial charge in [-0.25, -0.2) is 9.37 Å². The smallest absolute Gasteiger partial charge is 0.141 e. The number of rotatable bonds is 5. The van der Waals surface area contributed by atoms with Gasteiger partial charge in [-0.1, -0.05) is 17.7 Å². The lowest BCUT2D eigenvalue weighted by Gasteiger charge is -2.21. The van der Waals surface area contributed by atoms with Crippen LogP contribution in [0.15, 0.2) is 36.9 Å². The maximum atomic E-state index is 13.1. The van der Waals surface area contributed by atoms with Crippen LogP contribution >= 0.6 is 11.6 Å². The molecule has 0 aliphatic heterocycles. The van der Waals surface area contributed by atoms with Crippen molar-refractivity contribution in [2.24, 2.45) is 0 Å². The molecule has 0 aliphatic rings. The summed E-state index contributed by atoms with van der Waals surface area (Å²) in [5.74, 6) is -0.385. The molecule has 0 fully saturated rings. The summed E-state index contributed by atoms with van der Waals surface area (Å²) in [5, 5.41) is 3.61. The first-order chi connectivity index (χ1) is 9.06. The van der Waals surface area contributed by atoms with Crippen molar-refractivity contribution < 1.29 is 4.39 Å². The van der Waals surface area contributed by atoms with Gasteiger partial charge in [0.1, 0.15) is 5.82 Å². The SMILES string of the molecule is C[C@H](N[C@@H](C)Cn1ccnc1)c1ccc(F)c(Cl)c1. The largest absolute Gasteiger partial charge is 0.336 e. The minimum Gasteiger partial charge on any atom is -0.336 e. The van der Waals surface area contributed by atoms with Crippen LogP contribution in [0.25, 0.3) is 0 Å². The molecule has 0 radical (unpaired) electrons. The molecule has 2 atom stereocenters. The average molecular weight is 282 g/mol. The van der Waals surface area contributed by atoms with E-state index in [0.29, 0.717) is 0 Å². The highest BCUT2D eigenvalue weighted by atomic mass is 35.5. The Labute approximate surface area is 117 Å². The molecule has 102 valence electrons. The van der Waals surface area contributed by atoms with E-state index in [0.717, 1.165) is 12.1 Å².